The second-order valence-electron chi connectivity index (χ2n) is 3.72. The summed E-state index contributed by atoms with van der Waals surface area (Å²) in [4.78, 5) is 11.7. The number of benzene rings is 1. The number of esters is 1. The minimum absolute atomic E-state index is 0. The Balaban J connectivity index is 0.00000200. The Morgan fingerprint density at radius 3 is 2.40 bits per heavy atom. The number of ether oxygens (including phenoxy) is 3. The molecule has 1 N–H and O–H groups in total. The van der Waals surface area contributed by atoms with Crippen molar-refractivity contribution in [3.63, 3.8) is 0 Å². The lowest BCUT2D eigenvalue weighted by atomic mass is 10.3. The Kier molecular flexibility index (Phi) is 5.58. The summed E-state index contributed by atoms with van der Waals surface area (Å²) < 4.78 is 17.5. The lowest BCUT2D eigenvalue weighted by molar-refractivity contribution is -0.141. The van der Waals surface area contributed by atoms with Gasteiger partial charge in [0.1, 0.15) is 28.3 Å². The van der Waals surface area contributed by atoms with Gasteiger partial charge >= 0.3 is 5.97 Å². The average molecular weight is 363 g/mol. The topological polar surface area (TPSA) is 73.5 Å². The van der Waals surface area contributed by atoms with Crippen molar-refractivity contribution < 1.29 is 19.0 Å². The third-order valence-electron chi connectivity index (χ3n) is 2.73. The van der Waals surface area contributed by atoms with Crippen molar-refractivity contribution in [2.24, 2.45) is 0 Å². The summed E-state index contributed by atoms with van der Waals surface area (Å²) in [6.45, 7) is -0.0289. The van der Waals surface area contributed by atoms with Crippen LogP contribution in [-0.4, -0.2) is 31.9 Å². The summed E-state index contributed by atoms with van der Waals surface area (Å²) in [5.41, 5.74) is 0.669. The van der Waals surface area contributed by atoms with E-state index in [1.807, 2.05) is 0 Å². The Morgan fingerprint density at radius 1 is 1.25 bits per heavy atom. The Labute approximate surface area is 130 Å². The summed E-state index contributed by atoms with van der Waals surface area (Å²) in [5, 5.41) is 7.97. The number of fused-ring (bicyclic) bond motifs is 1. The van der Waals surface area contributed by atoms with E-state index in [1.54, 1.807) is 30.9 Å². The van der Waals surface area contributed by atoms with Crippen LogP contribution in [0.15, 0.2) is 12.1 Å². The number of carbonyl (C=O) groups excluding carboxylic acids is 1. The maximum atomic E-state index is 11.4. The number of halogens is 1. The molecular weight excluding hydrogens is 348 g/mol. The zero-order valence-corrected chi connectivity index (χ0v) is 13.8. The monoisotopic (exact) mass is 362 g/mol. The summed E-state index contributed by atoms with van der Waals surface area (Å²) in [6, 6.07) is 3.53. The molecule has 0 amide bonds. The van der Waals surface area contributed by atoms with Gasteiger partial charge in [0.15, 0.2) is 4.80 Å². The standard InChI is InChI=1S/C12H14N2O4S.BrH/c1-16-7-4-5-8(17-2)11-10(7)14(12(13)19-11)6-9(15)18-3;/h4-5,13H,6H2,1-3H3;1H. The highest BCUT2D eigenvalue weighted by atomic mass is 79.9. The van der Waals surface area contributed by atoms with Gasteiger partial charge < -0.3 is 18.8 Å². The zero-order valence-electron chi connectivity index (χ0n) is 11.3. The summed E-state index contributed by atoms with van der Waals surface area (Å²) in [5.74, 6) is 0.829. The predicted molar refractivity (Wildman–Crippen MR) is 81.1 cm³/mol. The Hall–Kier alpha value is -1.54. The van der Waals surface area contributed by atoms with Gasteiger partial charge in [-0.1, -0.05) is 11.3 Å². The predicted octanol–water partition coefficient (Wildman–Crippen LogP) is 1.95. The molecule has 0 radical (unpaired) electrons. The molecule has 0 aliphatic heterocycles. The van der Waals surface area contributed by atoms with Gasteiger partial charge in [-0.25, -0.2) is 0 Å². The first-order valence-electron chi connectivity index (χ1n) is 5.48. The van der Waals surface area contributed by atoms with Gasteiger partial charge in [0.25, 0.3) is 0 Å². The van der Waals surface area contributed by atoms with Crippen molar-refractivity contribution in [1.82, 2.24) is 4.57 Å². The third-order valence-corrected chi connectivity index (χ3v) is 3.74. The van der Waals surface area contributed by atoms with Gasteiger partial charge in [-0.15, -0.1) is 17.0 Å². The molecule has 0 unspecified atom stereocenters. The molecule has 0 saturated carbocycles. The molecule has 20 heavy (non-hydrogen) atoms. The molecule has 0 saturated heterocycles. The normalized spacial score (nSPS) is 9.95. The molecule has 0 bridgehead atoms. The Bertz CT molecular complexity index is 680. The van der Waals surface area contributed by atoms with Gasteiger partial charge in [0.05, 0.1) is 21.3 Å². The number of rotatable bonds is 4. The van der Waals surface area contributed by atoms with E-state index in [-0.39, 0.29) is 28.3 Å². The second kappa shape index (κ2) is 6.76. The lowest BCUT2D eigenvalue weighted by Gasteiger charge is -2.09. The van der Waals surface area contributed by atoms with E-state index in [2.05, 4.69) is 4.74 Å². The summed E-state index contributed by atoms with van der Waals surface area (Å²) in [6.07, 6.45) is 0. The smallest absolute Gasteiger partial charge is 0.325 e. The molecule has 6 nitrogen and oxygen atoms in total. The molecule has 1 heterocycles. The maximum Gasteiger partial charge on any atom is 0.325 e. The van der Waals surface area contributed by atoms with Crippen LogP contribution in [0.1, 0.15) is 0 Å². The molecule has 1 aromatic carbocycles. The first-order valence-corrected chi connectivity index (χ1v) is 6.29. The molecule has 110 valence electrons. The molecule has 0 aliphatic carbocycles. The van der Waals surface area contributed by atoms with Crippen LogP contribution in [0.4, 0.5) is 0 Å². The van der Waals surface area contributed by atoms with Gasteiger partial charge in [-0.3, -0.25) is 10.2 Å². The number of hydrogen-bond acceptors (Lipinski definition) is 6. The van der Waals surface area contributed by atoms with Crippen molar-refractivity contribution in [1.29, 1.82) is 5.41 Å². The molecular formula is C12H15BrN2O4S. The van der Waals surface area contributed by atoms with Crippen LogP contribution in [-0.2, 0) is 16.1 Å². The first kappa shape index (κ1) is 16.5. The van der Waals surface area contributed by atoms with Gasteiger partial charge in [-0.2, -0.15) is 0 Å². The van der Waals surface area contributed by atoms with E-state index in [0.717, 1.165) is 4.70 Å². The molecule has 2 aromatic rings. The van der Waals surface area contributed by atoms with E-state index in [0.29, 0.717) is 17.0 Å². The highest BCUT2D eigenvalue weighted by Crippen LogP contribution is 2.34. The number of thiazole rings is 1. The highest BCUT2D eigenvalue weighted by molar-refractivity contribution is 8.93. The lowest BCUT2D eigenvalue weighted by Crippen LogP contribution is -2.20. The van der Waals surface area contributed by atoms with E-state index < -0.39 is 5.97 Å². The van der Waals surface area contributed by atoms with E-state index in [4.69, 9.17) is 14.9 Å². The Morgan fingerprint density at radius 2 is 1.85 bits per heavy atom. The fourth-order valence-corrected chi connectivity index (χ4v) is 2.83. The quantitative estimate of drug-likeness (QED) is 0.843. The molecule has 0 spiro atoms. The van der Waals surface area contributed by atoms with Crippen molar-refractivity contribution in [2.75, 3.05) is 21.3 Å². The van der Waals surface area contributed by atoms with Crippen molar-refractivity contribution in [3.05, 3.63) is 16.9 Å². The fourth-order valence-electron chi connectivity index (χ4n) is 1.81. The molecule has 2 rings (SSSR count). The third kappa shape index (κ3) is 2.80. The zero-order chi connectivity index (χ0) is 14.0. The van der Waals surface area contributed by atoms with E-state index >= 15 is 0 Å². The van der Waals surface area contributed by atoms with Crippen molar-refractivity contribution in [3.8, 4) is 11.5 Å². The van der Waals surface area contributed by atoms with Crippen LogP contribution in [0.25, 0.3) is 10.2 Å². The van der Waals surface area contributed by atoms with Crippen molar-refractivity contribution >= 4 is 44.5 Å². The summed E-state index contributed by atoms with van der Waals surface area (Å²) >= 11 is 1.23. The number of methoxy groups -OCH3 is 3. The molecule has 0 atom stereocenters. The minimum Gasteiger partial charge on any atom is -0.495 e. The van der Waals surface area contributed by atoms with Crippen LogP contribution in [0.3, 0.4) is 0 Å². The average Bonchev–Trinajstić information content (AvgIpc) is 2.75. The fraction of sp³-hybridized carbons (Fsp3) is 0.333. The number of hydrogen-bond donors (Lipinski definition) is 1. The van der Waals surface area contributed by atoms with Crippen LogP contribution >= 0.6 is 28.3 Å². The number of aromatic nitrogens is 1. The van der Waals surface area contributed by atoms with Gasteiger partial charge in [-0.05, 0) is 12.1 Å². The van der Waals surface area contributed by atoms with E-state index in [9.17, 15) is 4.79 Å². The highest BCUT2D eigenvalue weighted by Gasteiger charge is 2.17. The summed E-state index contributed by atoms with van der Waals surface area (Å²) in [7, 11) is 4.43. The van der Waals surface area contributed by atoms with Gasteiger partial charge in [0, 0.05) is 0 Å². The van der Waals surface area contributed by atoms with Crippen LogP contribution in [0, 0.1) is 5.41 Å². The number of nitrogens with one attached hydrogen (secondary N) is 1. The maximum absolute atomic E-state index is 11.4. The first-order chi connectivity index (χ1) is 9.12. The number of carbonyl (C=O) groups is 1. The van der Waals surface area contributed by atoms with Crippen molar-refractivity contribution in [2.45, 2.75) is 6.54 Å². The molecule has 8 heteroatoms. The molecule has 0 fully saturated rings. The minimum atomic E-state index is -0.414. The largest absolute Gasteiger partial charge is 0.495 e. The molecule has 1 aromatic heterocycles. The molecule has 0 aliphatic rings. The number of nitrogens with zero attached hydrogens (tertiary/aromatic N) is 1. The van der Waals surface area contributed by atoms with Crippen LogP contribution in [0.2, 0.25) is 0 Å². The van der Waals surface area contributed by atoms with E-state index in [1.165, 1.54) is 18.4 Å². The van der Waals surface area contributed by atoms with Crippen LogP contribution < -0.4 is 14.3 Å². The second-order valence-corrected chi connectivity index (χ2v) is 4.72. The SMILES string of the molecule is Br.COC(=O)Cn1c(=N)sc2c(OC)ccc(OC)c21. The van der Waals surface area contributed by atoms with Crippen LogP contribution in [0.5, 0.6) is 11.5 Å². The van der Waals surface area contributed by atoms with Gasteiger partial charge in [0.2, 0.25) is 0 Å².